The molecule has 0 aliphatic rings. The second-order valence-electron chi connectivity index (χ2n) is 5.99. The molecule has 1 atom stereocenters. The zero-order valence-electron chi connectivity index (χ0n) is 15.3. The van der Waals surface area contributed by atoms with E-state index in [0.717, 1.165) is 35.4 Å². The van der Waals surface area contributed by atoms with Gasteiger partial charge in [0.05, 0.1) is 23.4 Å². The first-order valence-electron chi connectivity index (χ1n) is 8.58. The number of rotatable bonds is 6. The molecule has 0 radical (unpaired) electrons. The van der Waals surface area contributed by atoms with Crippen molar-refractivity contribution in [2.45, 2.75) is 46.2 Å². The van der Waals surface area contributed by atoms with Gasteiger partial charge in [-0.3, -0.25) is 4.68 Å². The maximum atomic E-state index is 12.2. The van der Waals surface area contributed by atoms with E-state index in [2.05, 4.69) is 35.6 Å². The van der Waals surface area contributed by atoms with Crippen molar-refractivity contribution in [1.29, 1.82) is 5.26 Å². The lowest BCUT2D eigenvalue weighted by Gasteiger charge is -2.15. The van der Waals surface area contributed by atoms with Gasteiger partial charge in [0.15, 0.2) is 0 Å². The van der Waals surface area contributed by atoms with Crippen LogP contribution < -0.4 is 10.6 Å². The molecule has 1 heterocycles. The van der Waals surface area contributed by atoms with Crippen LogP contribution in [-0.2, 0) is 26.4 Å². The third kappa shape index (κ3) is 4.38. The maximum absolute atomic E-state index is 12.2. The number of benzene rings is 1. The molecule has 2 N–H and O–H groups in total. The number of carbonyl (C=O) groups excluding carboxylic acids is 1. The Morgan fingerprint density at radius 3 is 2.52 bits per heavy atom. The van der Waals surface area contributed by atoms with E-state index in [0.29, 0.717) is 12.1 Å². The first-order valence-corrected chi connectivity index (χ1v) is 8.58. The predicted molar refractivity (Wildman–Crippen MR) is 96.9 cm³/mol. The summed E-state index contributed by atoms with van der Waals surface area (Å²) in [5, 5.41) is 19.2. The van der Waals surface area contributed by atoms with Gasteiger partial charge in [-0.25, -0.2) is 4.79 Å². The average molecular weight is 339 g/mol. The van der Waals surface area contributed by atoms with Crippen molar-refractivity contribution in [3.63, 3.8) is 0 Å². The fourth-order valence-electron chi connectivity index (χ4n) is 2.94. The summed E-state index contributed by atoms with van der Waals surface area (Å²) in [5.41, 5.74) is 4.85. The number of nitrogens with one attached hydrogen (secondary N) is 2. The van der Waals surface area contributed by atoms with Gasteiger partial charge in [0.25, 0.3) is 0 Å². The highest BCUT2D eigenvalue weighted by atomic mass is 16.2. The number of carbonyl (C=O) groups is 1. The highest BCUT2D eigenvalue weighted by molar-refractivity contribution is 5.74. The van der Waals surface area contributed by atoms with Crippen LogP contribution in [0.3, 0.4) is 0 Å². The summed E-state index contributed by atoms with van der Waals surface area (Å²) in [4.78, 5) is 12.2. The molecule has 0 saturated heterocycles. The first-order chi connectivity index (χ1) is 12.0. The Hall–Kier alpha value is -2.81. The van der Waals surface area contributed by atoms with Crippen LogP contribution >= 0.6 is 0 Å². The van der Waals surface area contributed by atoms with E-state index in [1.165, 1.54) is 0 Å². The molecule has 6 heteroatoms. The van der Waals surface area contributed by atoms with E-state index in [1.54, 1.807) is 12.1 Å². The fraction of sp³-hybridized carbons (Fsp3) is 0.421. The summed E-state index contributed by atoms with van der Waals surface area (Å²) < 4.78 is 1.90. The summed E-state index contributed by atoms with van der Waals surface area (Å²) >= 11 is 0. The molecule has 0 fully saturated rings. The molecule has 2 amide bonds. The molecule has 0 aliphatic carbocycles. The van der Waals surface area contributed by atoms with Crippen molar-refractivity contribution in [3.8, 4) is 6.07 Å². The summed E-state index contributed by atoms with van der Waals surface area (Å²) in [6.45, 7) is 6.54. The Labute approximate surface area is 148 Å². The van der Waals surface area contributed by atoms with Gasteiger partial charge >= 0.3 is 6.03 Å². The number of urea groups is 1. The molecule has 2 rings (SSSR count). The number of nitrogens with zero attached hydrogens (tertiary/aromatic N) is 3. The SMILES string of the molecule is CCc1nn(C)c(CC)c1CNC(=O)NC(C)c1ccc(C#N)cc1. The van der Waals surface area contributed by atoms with Crippen molar-refractivity contribution < 1.29 is 4.79 Å². The third-order valence-electron chi connectivity index (χ3n) is 4.34. The Bertz CT molecular complexity index is 770. The van der Waals surface area contributed by atoms with Gasteiger partial charge in [-0.2, -0.15) is 10.4 Å². The number of aryl methyl sites for hydroxylation is 2. The summed E-state index contributed by atoms with van der Waals surface area (Å²) in [7, 11) is 1.94. The fourth-order valence-corrected chi connectivity index (χ4v) is 2.94. The molecule has 0 bridgehead atoms. The van der Waals surface area contributed by atoms with Gasteiger partial charge in [-0.1, -0.05) is 26.0 Å². The van der Waals surface area contributed by atoms with Gasteiger partial charge < -0.3 is 10.6 Å². The first kappa shape index (κ1) is 18.5. The van der Waals surface area contributed by atoms with Crippen LogP contribution in [0.5, 0.6) is 0 Å². The highest BCUT2D eigenvalue weighted by Crippen LogP contribution is 2.16. The van der Waals surface area contributed by atoms with Crippen LogP contribution in [-0.4, -0.2) is 15.8 Å². The van der Waals surface area contributed by atoms with E-state index in [4.69, 9.17) is 5.26 Å². The van der Waals surface area contributed by atoms with Crippen molar-refractivity contribution in [2.24, 2.45) is 7.05 Å². The Balaban J connectivity index is 1.97. The smallest absolute Gasteiger partial charge is 0.315 e. The van der Waals surface area contributed by atoms with E-state index in [-0.39, 0.29) is 12.1 Å². The lowest BCUT2D eigenvalue weighted by molar-refractivity contribution is 0.237. The second-order valence-corrected chi connectivity index (χ2v) is 5.99. The number of aromatic nitrogens is 2. The van der Waals surface area contributed by atoms with Gasteiger partial charge in [-0.15, -0.1) is 0 Å². The average Bonchev–Trinajstić information content (AvgIpc) is 2.94. The summed E-state index contributed by atoms with van der Waals surface area (Å²) in [6, 6.07) is 8.95. The lowest BCUT2D eigenvalue weighted by atomic mass is 10.1. The molecule has 1 unspecified atom stereocenters. The molecular weight excluding hydrogens is 314 g/mol. The number of amides is 2. The number of nitriles is 1. The van der Waals surface area contributed by atoms with Crippen LogP contribution in [0.25, 0.3) is 0 Å². The third-order valence-corrected chi connectivity index (χ3v) is 4.34. The molecule has 25 heavy (non-hydrogen) atoms. The predicted octanol–water partition coefficient (Wildman–Crippen LogP) is 2.98. The Morgan fingerprint density at radius 1 is 1.28 bits per heavy atom. The molecular formula is C19H25N5O. The molecule has 1 aromatic heterocycles. The normalized spacial score (nSPS) is 11.6. The number of hydrogen-bond donors (Lipinski definition) is 2. The van der Waals surface area contributed by atoms with Crippen LogP contribution in [0, 0.1) is 11.3 Å². The van der Waals surface area contributed by atoms with E-state index in [1.807, 2.05) is 30.8 Å². The van der Waals surface area contributed by atoms with E-state index < -0.39 is 0 Å². The zero-order chi connectivity index (χ0) is 18.4. The van der Waals surface area contributed by atoms with Gasteiger partial charge in [-0.05, 0) is 37.5 Å². The molecule has 0 aliphatic heterocycles. The Morgan fingerprint density at radius 2 is 1.96 bits per heavy atom. The van der Waals surface area contributed by atoms with Crippen molar-refractivity contribution in [2.75, 3.05) is 0 Å². The topological polar surface area (TPSA) is 82.7 Å². The molecule has 0 spiro atoms. The van der Waals surface area contributed by atoms with Gasteiger partial charge in [0, 0.05) is 24.8 Å². The van der Waals surface area contributed by atoms with Crippen LogP contribution in [0.2, 0.25) is 0 Å². The van der Waals surface area contributed by atoms with Crippen LogP contribution in [0.4, 0.5) is 4.79 Å². The van der Waals surface area contributed by atoms with E-state index >= 15 is 0 Å². The van der Waals surface area contributed by atoms with Crippen molar-refractivity contribution in [3.05, 3.63) is 52.3 Å². The quantitative estimate of drug-likeness (QED) is 0.849. The van der Waals surface area contributed by atoms with Crippen LogP contribution in [0.15, 0.2) is 24.3 Å². The van der Waals surface area contributed by atoms with Crippen molar-refractivity contribution >= 4 is 6.03 Å². The minimum Gasteiger partial charge on any atom is -0.334 e. The monoisotopic (exact) mass is 339 g/mol. The minimum absolute atomic E-state index is 0.141. The standard InChI is InChI=1S/C19H25N5O/c1-5-17-16(18(6-2)24(4)23-17)12-21-19(25)22-13(3)15-9-7-14(11-20)8-10-15/h7-10,13H,5-6,12H2,1-4H3,(H2,21,22,25). The minimum atomic E-state index is -0.218. The molecule has 6 nitrogen and oxygen atoms in total. The van der Waals surface area contributed by atoms with Gasteiger partial charge in [0.1, 0.15) is 0 Å². The number of hydrogen-bond acceptors (Lipinski definition) is 3. The highest BCUT2D eigenvalue weighted by Gasteiger charge is 2.15. The van der Waals surface area contributed by atoms with Gasteiger partial charge in [0.2, 0.25) is 0 Å². The largest absolute Gasteiger partial charge is 0.334 e. The Kier molecular flexibility index (Phi) is 6.18. The molecule has 132 valence electrons. The molecule has 1 aromatic carbocycles. The lowest BCUT2D eigenvalue weighted by Crippen LogP contribution is -2.36. The van der Waals surface area contributed by atoms with Crippen molar-refractivity contribution in [1.82, 2.24) is 20.4 Å². The molecule has 2 aromatic rings. The summed E-state index contributed by atoms with van der Waals surface area (Å²) in [6.07, 6.45) is 1.72. The van der Waals surface area contributed by atoms with E-state index in [9.17, 15) is 4.79 Å². The summed E-state index contributed by atoms with van der Waals surface area (Å²) in [5.74, 6) is 0. The zero-order valence-corrected chi connectivity index (χ0v) is 15.3. The molecule has 0 saturated carbocycles. The second kappa shape index (κ2) is 8.34. The van der Waals surface area contributed by atoms with Crippen LogP contribution in [0.1, 0.15) is 54.9 Å². The maximum Gasteiger partial charge on any atom is 0.315 e.